The Morgan fingerprint density at radius 2 is 1.37 bits per heavy atom. The van der Waals surface area contributed by atoms with Crippen molar-refractivity contribution in [1.29, 1.82) is 0 Å². The number of amides is 2. The molecule has 2 N–H and O–H groups in total. The normalized spacial score (nSPS) is 12.4. The van der Waals surface area contributed by atoms with Crippen LogP contribution in [0.25, 0.3) is 6.08 Å². The predicted molar refractivity (Wildman–Crippen MR) is 120 cm³/mol. The van der Waals surface area contributed by atoms with Crippen LogP contribution in [0.2, 0.25) is 0 Å². The summed E-state index contributed by atoms with van der Waals surface area (Å²) in [6.07, 6.45) is 5.24. The fourth-order valence-electron chi connectivity index (χ4n) is 2.88. The Kier molecular flexibility index (Phi) is 7.34. The molecule has 1 atom stereocenters. The van der Waals surface area contributed by atoms with E-state index < -0.39 is 0 Å². The second-order valence-corrected chi connectivity index (χ2v) is 6.78. The standard InChI is InChI=1S/C26H24N2O2/c1-20(22-15-7-3-8-16-22)27-26(30)24(19-11-14-21-12-5-2-6-13-21)28-25(29)23-17-9-4-10-18-23/h2-20H,1H3,(H,27,30)(H,28,29). The zero-order valence-corrected chi connectivity index (χ0v) is 16.8. The molecule has 3 aromatic carbocycles. The lowest BCUT2D eigenvalue weighted by molar-refractivity contribution is -0.118. The number of carbonyl (C=O) groups is 2. The topological polar surface area (TPSA) is 58.2 Å². The average molecular weight is 396 g/mol. The molecule has 0 fully saturated rings. The van der Waals surface area contributed by atoms with E-state index in [1.807, 2.05) is 79.7 Å². The van der Waals surface area contributed by atoms with Crippen LogP contribution in [-0.2, 0) is 4.79 Å². The van der Waals surface area contributed by atoms with Gasteiger partial charge in [-0.05, 0) is 36.3 Å². The molecule has 0 aliphatic rings. The number of carbonyl (C=O) groups excluding carboxylic acids is 2. The number of rotatable bonds is 7. The summed E-state index contributed by atoms with van der Waals surface area (Å²) in [6.45, 7) is 1.91. The van der Waals surface area contributed by atoms with E-state index in [9.17, 15) is 9.59 Å². The van der Waals surface area contributed by atoms with Gasteiger partial charge in [0.2, 0.25) is 0 Å². The van der Waals surface area contributed by atoms with Gasteiger partial charge in [0, 0.05) is 5.56 Å². The third-order valence-corrected chi connectivity index (χ3v) is 4.53. The van der Waals surface area contributed by atoms with Crippen LogP contribution in [0.4, 0.5) is 0 Å². The van der Waals surface area contributed by atoms with Gasteiger partial charge >= 0.3 is 0 Å². The monoisotopic (exact) mass is 396 g/mol. The molecule has 0 saturated heterocycles. The first-order chi connectivity index (χ1) is 14.6. The second-order valence-electron chi connectivity index (χ2n) is 6.78. The molecule has 3 rings (SSSR count). The molecule has 0 saturated carbocycles. The van der Waals surface area contributed by atoms with Gasteiger partial charge in [-0.25, -0.2) is 0 Å². The van der Waals surface area contributed by atoms with Gasteiger partial charge in [-0.1, -0.05) is 91.0 Å². The van der Waals surface area contributed by atoms with E-state index in [1.165, 1.54) is 0 Å². The first-order valence-corrected chi connectivity index (χ1v) is 9.79. The molecule has 0 aromatic heterocycles. The molecule has 0 heterocycles. The van der Waals surface area contributed by atoms with E-state index in [2.05, 4.69) is 10.6 Å². The van der Waals surface area contributed by atoms with Crippen molar-refractivity contribution in [3.05, 3.63) is 126 Å². The van der Waals surface area contributed by atoms with E-state index in [0.29, 0.717) is 5.56 Å². The summed E-state index contributed by atoms with van der Waals surface area (Å²) in [5.74, 6) is -0.689. The van der Waals surface area contributed by atoms with Crippen LogP contribution in [0.15, 0.2) is 109 Å². The Morgan fingerprint density at radius 3 is 2.00 bits per heavy atom. The molecule has 2 amide bonds. The number of allylic oxidation sites excluding steroid dienone is 2. The quantitative estimate of drug-likeness (QED) is 0.441. The van der Waals surface area contributed by atoms with Gasteiger partial charge in [0.15, 0.2) is 0 Å². The van der Waals surface area contributed by atoms with Crippen molar-refractivity contribution in [3.63, 3.8) is 0 Å². The molecule has 0 spiro atoms. The van der Waals surface area contributed by atoms with E-state index in [0.717, 1.165) is 11.1 Å². The number of benzene rings is 3. The van der Waals surface area contributed by atoms with Crippen molar-refractivity contribution in [2.45, 2.75) is 13.0 Å². The Balaban J connectivity index is 1.78. The maximum absolute atomic E-state index is 12.9. The number of nitrogens with one attached hydrogen (secondary N) is 2. The highest BCUT2D eigenvalue weighted by Crippen LogP contribution is 2.12. The predicted octanol–water partition coefficient (Wildman–Crippen LogP) is 4.89. The fourth-order valence-corrected chi connectivity index (χ4v) is 2.88. The van der Waals surface area contributed by atoms with Crippen LogP contribution >= 0.6 is 0 Å². The van der Waals surface area contributed by atoms with Crippen LogP contribution in [0.3, 0.4) is 0 Å². The maximum Gasteiger partial charge on any atom is 0.268 e. The highest BCUT2D eigenvalue weighted by atomic mass is 16.2. The molecule has 0 radical (unpaired) electrons. The summed E-state index contributed by atoms with van der Waals surface area (Å²) in [4.78, 5) is 25.5. The minimum atomic E-state index is -0.353. The minimum Gasteiger partial charge on any atom is -0.344 e. The van der Waals surface area contributed by atoms with E-state index in [-0.39, 0.29) is 23.6 Å². The van der Waals surface area contributed by atoms with Crippen molar-refractivity contribution in [2.75, 3.05) is 0 Å². The third-order valence-electron chi connectivity index (χ3n) is 4.53. The lowest BCUT2D eigenvalue weighted by Gasteiger charge is -2.16. The van der Waals surface area contributed by atoms with Crippen molar-refractivity contribution in [2.24, 2.45) is 0 Å². The summed E-state index contributed by atoms with van der Waals surface area (Å²) < 4.78 is 0. The lowest BCUT2D eigenvalue weighted by atomic mass is 10.1. The molecule has 0 aliphatic heterocycles. The van der Waals surface area contributed by atoms with Crippen LogP contribution in [0.1, 0.15) is 34.5 Å². The summed E-state index contributed by atoms with van der Waals surface area (Å²) in [6, 6.07) is 28.0. The zero-order chi connectivity index (χ0) is 21.2. The largest absolute Gasteiger partial charge is 0.344 e. The van der Waals surface area contributed by atoms with Crippen molar-refractivity contribution >= 4 is 17.9 Å². The Hall–Kier alpha value is -3.92. The smallest absolute Gasteiger partial charge is 0.268 e. The van der Waals surface area contributed by atoms with Gasteiger partial charge in [0.05, 0.1) is 6.04 Å². The third kappa shape index (κ3) is 6.04. The fraction of sp³-hybridized carbons (Fsp3) is 0.0769. The summed E-state index contributed by atoms with van der Waals surface area (Å²) in [5.41, 5.74) is 2.65. The maximum atomic E-state index is 12.9. The van der Waals surface area contributed by atoms with E-state index in [4.69, 9.17) is 0 Å². The van der Waals surface area contributed by atoms with Crippen molar-refractivity contribution in [3.8, 4) is 0 Å². The first-order valence-electron chi connectivity index (χ1n) is 9.79. The van der Waals surface area contributed by atoms with Gasteiger partial charge in [0.1, 0.15) is 5.70 Å². The minimum absolute atomic E-state index is 0.179. The molecule has 30 heavy (non-hydrogen) atoms. The number of hydrogen-bond acceptors (Lipinski definition) is 2. The highest BCUT2D eigenvalue weighted by Gasteiger charge is 2.16. The molecule has 4 heteroatoms. The van der Waals surface area contributed by atoms with Crippen molar-refractivity contribution < 1.29 is 9.59 Å². The SMILES string of the molecule is CC(NC(=O)C(=CC=Cc1ccccc1)NC(=O)c1ccccc1)c1ccccc1. The van der Waals surface area contributed by atoms with Gasteiger partial charge in [-0.15, -0.1) is 0 Å². The molecule has 150 valence electrons. The molecular formula is C26H24N2O2. The van der Waals surface area contributed by atoms with Gasteiger partial charge < -0.3 is 10.6 Å². The second kappa shape index (κ2) is 10.6. The van der Waals surface area contributed by atoms with Crippen LogP contribution in [0, 0.1) is 0 Å². The summed E-state index contributed by atoms with van der Waals surface area (Å²) in [5, 5.41) is 5.68. The average Bonchev–Trinajstić information content (AvgIpc) is 2.80. The summed E-state index contributed by atoms with van der Waals surface area (Å²) in [7, 11) is 0. The number of hydrogen-bond donors (Lipinski definition) is 2. The lowest BCUT2D eigenvalue weighted by Crippen LogP contribution is -2.36. The van der Waals surface area contributed by atoms with Crippen LogP contribution in [-0.4, -0.2) is 11.8 Å². The summed E-state index contributed by atoms with van der Waals surface area (Å²) >= 11 is 0. The van der Waals surface area contributed by atoms with Crippen molar-refractivity contribution in [1.82, 2.24) is 10.6 Å². The van der Waals surface area contributed by atoms with E-state index in [1.54, 1.807) is 36.4 Å². The Morgan fingerprint density at radius 1 is 0.800 bits per heavy atom. The van der Waals surface area contributed by atoms with Crippen LogP contribution in [0.5, 0.6) is 0 Å². The van der Waals surface area contributed by atoms with Gasteiger partial charge in [-0.3, -0.25) is 9.59 Å². The highest BCUT2D eigenvalue weighted by molar-refractivity contribution is 6.03. The molecule has 0 bridgehead atoms. The van der Waals surface area contributed by atoms with E-state index >= 15 is 0 Å². The van der Waals surface area contributed by atoms with Crippen LogP contribution < -0.4 is 10.6 Å². The molecule has 1 unspecified atom stereocenters. The first kappa shape index (κ1) is 20.8. The Bertz CT molecular complexity index is 1030. The molecule has 0 aliphatic carbocycles. The Labute approximate surface area is 177 Å². The van der Waals surface area contributed by atoms with Gasteiger partial charge in [0.25, 0.3) is 11.8 Å². The molecular weight excluding hydrogens is 372 g/mol. The van der Waals surface area contributed by atoms with Gasteiger partial charge in [-0.2, -0.15) is 0 Å². The molecule has 3 aromatic rings. The zero-order valence-electron chi connectivity index (χ0n) is 16.8. The molecule has 4 nitrogen and oxygen atoms in total.